The van der Waals surface area contributed by atoms with E-state index in [1.165, 1.54) is 0 Å². The van der Waals surface area contributed by atoms with Gasteiger partial charge in [0.2, 0.25) is 0 Å². The molecule has 0 amide bonds. The average molecular weight is 270 g/mol. The van der Waals surface area contributed by atoms with Gasteiger partial charge in [-0.05, 0) is 31.6 Å². The van der Waals surface area contributed by atoms with Crippen LogP contribution in [0.3, 0.4) is 0 Å². The summed E-state index contributed by atoms with van der Waals surface area (Å²) in [4.78, 5) is 22.3. The van der Waals surface area contributed by atoms with Gasteiger partial charge in [-0.1, -0.05) is 23.8 Å². The Hall–Kier alpha value is -2.34. The van der Waals surface area contributed by atoms with Crippen LogP contribution in [0, 0.1) is 12.3 Å². The fraction of sp³-hybridized carbons (Fsp3) is 0.294. The molecule has 1 atom stereocenters. The SMILES string of the molecule is C#CCC(/C=C(/C)CCC=O)OC(=O)c1ccccc1. The molecular weight excluding hydrogens is 252 g/mol. The van der Waals surface area contributed by atoms with E-state index in [1.807, 2.05) is 19.1 Å². The molecule has 0 N–H and O–H groups in total. The first-order valence-electron chi connectivity index (χ1n) is 6.47. The number of carbonyl (C=O) groups is 2. The number of hydrogen-bond donors (Lipinski definition) is 0. The fourth-order valence-electron chi connectivity index (χ4n) is 1.72. The van der Waals surface area contributed by atoms with Crippen LogP contribution >= 0.6 is 0 Å². The van der Waals surface area contributed by atoms with Crippen molar-refractivity contribution in [3.05, 3.63) is 47.5 Å². The third-order valence-electron chi connectivity index (χ3n) is 2.71. The highest BCUT2D eigenvalue weighted by Crippen LogP contribution is 2.11. The summed E-state index contributed by atoms with van der Waals surface area (Å²) in [6, 6.07) is 8.77. The van der Waals surface area contributed by atoms with Crippen molar-refractivity contribution in [3.8, 4) is 12.3 Å². The van der Waals surface area contributed by atoms with Crippen LogP contribution in [0.15, 0.2) is 42.0 Å². The molecule has 104 valence electrons. The molecule has 0 heterocycles. The van der Waals surface area contributed by atoms with Crippen molar-refractivity contribution in [2.45, 2.75) is 32.3 Å². The highest BCUT2D eigenvalue weighted by Gasteiger charge is 2.13. The summed E-state index contributed by atoms with van der Waals surface area (Å²) in [6.07, 6.45) is 8.93. The molecule has 3 nitrogen and oxygen atoms in total. The van der Waals surface area contributed by atoms with Gasteiger partial charge in [0, 0.05) is 12.8 Å². The number of esters is 1. The number of terminal acetylenes is 1. The van der Waals surface area contributed by atoms with Gasteiger partial charge >= 0.3 is 5.97 Å². The van der Waals surface area contributed by atoms with Gasteiger partial charge in [0.05, 0.1) is 5.56 Å². The molecule has 0 fully saturated rings. The van der Waals surface area contributed by atoms with Crippen LogP contribution in [0.5, 0.6) is 0 Å². The van der Waals surface area contributed by atoms with E-state index in [0.29, 0.717) is 24.8 Å². The summed E-state index contributed by atoms with van der Waals surface area (Å²) in [7, 11) is 0. The molecule has 0 saturated carbocycles. The van der Waals surface area contributed by atoms with Gasteiger partial charge in [-0.3, -0.25) is 0 Å². The van der Waals surface area contributed by atoms with Gasteiger partial charge in [-0.25, -0.2) is 4.79 Å². The minimum atomic E-state index is -0.459. The van der Waals surface area contributed by atoms with E-state index in [0.717, 1.165) is 11.9 Å². The molecule has 1 aromatic rings. The Bertz CT molecular complexity index is 509. The Labute approximate surface area is 119 Å². The Morgan fingerprint density at radius 2 is 2.10 bits per heavy atom. The van der Waals surface area contributed by atoms with Gasteiger partial charge in [0.1, 0.15) is 12.4 Å². The molecule has 0 aliphatic heterocycles. The number of carbonyl (C=O) groups excluding carboxylic acids is 2. The Morgan fingerprint density at radius 3 is 2.70 bits per heavy atom. The third kappa shape index (κ3) is 5.53. The number of ether oxygens (including phenoxy) is 1. The molecule has 0 radical (unpaired) electrons. The Balaban J connectivity index is 2.70. The normalized spacial score (nSPS) is 12.3. The number of allylic oxidation sites excluding steroid dienone is 1. The smallest absolute Gasteiger partial charge is 0.338 e. The number of hydrogen-bond acceptors (Lipinski definition) is 3. The van der Waals surface area contributed by atoms with E-state index < -0.39 is 12.1 Å². The number of rotatable bonds is 7. The summed E-state index contributed by atoms with van der Waals surface area (Å²) < 4.78 is 5.38. The lowest BCUT2D eigenvalue weighted by Gasteiger charge is -2.13. The monoisotopic (exact) mass is 270 g/mol. The first-order valence-corrected chi connectivity index (χ1v) is 6.47. The van der Waals surface area contributed by atoms with E-state index in [9.17, 15) is 9.59 Å². The van der Waals surface area contributed by atoms with Crippen molar-refractivity contribution in [1.29, 1.82) is 0 Å². The standard InChI is InChI=1S/C17H18O3/c1-3-8-16(13-14(2)9-7-12-18)20-17(19)15-10-5-4-6-11-15/h1,4-6,10-13,16H,7-9H2,2H3/b14-13-. The van der Waals surface area contributed by atoms with Crippen LogP contribution in [-0.4, -0.2) is 18.4 Å². The predicted molar refractivity (Wildman–Crippen MR) is 78.2 cm³/mol. The summed E-state index contributed by atoms with van der Waals surface area (Å²) in [5, 5.41) is 0. The maximum Gasteiger partial charge on any atom is 0.338 e. The van der Waals surface area contributed by atoms with Gasteiger partial charge < -0.3 is 9.53 Å². The van der Waals surface area contributed by atoms with Gasteiger partial charge in [0.15, 0.2) is 0 Å². The van der Waals surface area contributed by atoms with Gasteiger partial charge in [-0.15, -0.1) is 12.3 Å². The molecule has 0 aliphatic carbocycles. The van der Waals surface area contributed by atoms with Crippen LogP contribution < -0.4 is 0 Å². The highest BCUT2D eigenvalue weighted by molar-refractivity contribution is 5.89. The minimum Gasteiger partial charge on any atom is -0.454 e. The summed E-state index contributed by atoms with van der Waals surface area (Å²) in [5.74, 6) is 2.10. The number of benzene rings is 1. The first-order chi connectivity index (χ1) is 9.67. The molecule has 0 aliphatic rings. The lowest BCUT2D eigenvalue weighted by molar-refractivity contribution is -0.107. The second-order valence-corrected chi connectivity index (χ2v) is 4.44. The van der Waals surface area contributed by atoms with E-state index in [-0.39, 0.29) is 0 Å². The van der Waals surface area contributed by atoms with E-state index in [2.05, 4.69) is 5.92 Å². The van der Waals surface area contributed by atoms with Crippen molar-refractivity contribution < 1.29 is 14.3 Å². The summed E-state index contributed by atoms with van der Waals surface area (Å²) in [5.41, 5.74) is 1.48. The molecule has 1 aromatic carbocycles. The first kappa shape index (κ1) is 15.7. The van der Waals surface area contributed by atoms with Crippen LogP contribution in [0.25, 0.3) is 0 Å². The average Bonchev–Trinajstić information content (AvgIpc) is 2.46. The second kappa shape index (κ2) is 8.71. The predicted octanol–water partition coefficient (Wildman–Crippen LogP) is 3.16. The molecular formula is C17H18O3. The van der Waals surface area contributed by atoms with Gasteiger partial charge in [0.25, 0.3) is 0 Å². The zero-order valence-electron chi connectivity index (χ0n) is 11.5. The van der Waals surface area contributed by atoms with Crippen LogP contribution in [0.4, 0.5) is 0 Å². The highest BCUT2D eigenvalue weighted by atomic mass is 16.5. The molecule has 0 spiro atoms. The summed E-state index contributed by atoms with van der Waals surface area (Å²) in [6.45, 7) is 1.89. The van der Waals surface area contributed by atoms with E-state index in [1.54, 1.807) is 24.3 Å². The zero-order chi connectivity index (χ0) is 14.8. The molecule has 1 unspecified atom stereocenters. The van der Waals surface area contributed by atoms with Crippen molar-refractivity contribution in [2.75, 3.05) is 0 Å². The molecule has 1 rings (SSSR count). The minimum absolute atomic E-state index is 0.316. The maximum absolute atomic E-state index is 11.9. The quantitative estimate of drug-likeness (QED) is 0.331. The van der Waals surface area contributed by atoms with Crippen molar-refractivity contribution in [2.24, 2.45) is 0 Å². The molecule has 0 saturated heterocycles. The fourth-order valence-corrected chi connectivity index (χ4v) is 1.72. The molecule has 20 heavy (non-hydrogen) atoms. The Morgan fingerprint density at radius 1 is 1.40 bits per heavy atom. The summed E-state index contributed by atoms with van der Waals surface area (Å²) >= 11 is 0. The van der Waals surface area contributed by atoms with E-state index in [4.69, 9.17) is 11.2 Å². The lowest BCUT2D eigenvalue weighted by Crippen LogP contribution is -2.16. The molecule has 0 aromatic heterocycles. The van der Waals surface area contributed by atoms with Crippen molar-refractivity contribution in [1.82, 2.24) is 0 Å². The Kier molecular flexibility index (Phi) is 6.84. The second-order valence-electron chi connectivity index (χ2n) is 4.44. The van der Waals surface area contributed by atoms with Crippen LogP contribution in [0.1, 0.15) is 36.5 Å². The lowest BCUT2D eigenvalue weighted by atomic mass is 10.1. The molecule has 0 bridgehead atoms. The maximum atomic E-state index is 11.9. The number of aldehydes is 1. The largest absolute Gasteiger partial charge is 0.454 e. The molecule has 3 heteroatoms. The topological polar surface area (TPSA) is 43.4 Å². The van der Waals surface area contributed by atoms with Crippen LogP contribution in [-0.2, 0) is 9.53 Å². The van der Waals surface area contributed by atoms with Crippen molar-refractivity contribution in [3.63, 3.8) is 0 Å². The van der Waals surface area contributed by atoms with Crippen LogP contribution in [0.2, 0.25) is 0 Å². The third-order valence-corrected chi connectivity index (χ3v) is 2.71. The van der Waals surface area contributed by atoms with Gasteiger partial charge in [-0.2, -0.15) is 0 Å². The van der Waals surface area contributed by atoms with E-state index >= 15 is 0 Å². The van der Waals surface area contributed by atoms with Crippen molar-refractivity contribution >= 4 is 12.3 Å². The zero-order valence-corrected chi connectivity index (χ0v) is 11.5.